The molecule has 0 radical (unpaired) electrons. The smallest absolute Gasteiger partial charge is 0.123 e. The van der Waals surface area contributed by atoms with Crippen LogP contribution in [0.15, 0.2) is 152 Å². The molecule has 0 amide bonds. The van der Waals surface area contributed by atoms with Gasteiger partial charge in [-0.15, -0.1) is 0 Å². The Morgan fingerprint density at radius 3 is 1.20 bits per heavy atom. The molecule has 1 heteroatoms. The van der Waals surface area contributed by atoms with E-state index < -0.39 is 0 Å². The van der Waals surface area contributed by atoms with Gasteiger partial charge in [-0.2, -0.15) is 0 Å². The van der Waals surface area contributed by atoms with Gasteiger partial charge in [-0.1, -0.05) is 149 Å². The normalized spacial score (nSPS) is 14.7. The fourth-order valence-electron chi connectivity index (χ4n) is 9.32. The van der Waals surface area contributed by atoms with Gasteiger partial charge in [-0.3, -0.25) is 0 Å². The molecule has 0 fully saturated rings. The fraction of sp³-hybridized carbons (Fsp3) is 0.120. The first-order valence-corrected chi connectivity index (χ1v) is 18.0. The lowest BCUT2D eigenvalue weighted by molar-refractivity contribution is 0.628. The van der Waals surface area contributed by atoms with Crippen LogP contribution in [0.5, 0.6) is 0 Å². The Hall–Kier alpha value is -5.79. The number of fused-ring (bicyclic) bond motifs is 8. The Bertz CT molecular complexity index is 2690. The minimum atomic E-state index is -0.222. The van der Waals surface area contributed by atoms with Gasteiger partial charge in [0.1, 0.15) is 5.82 Å². The first-order chi connectivity index (χ1) is 24.7. The third-order valence-corrected chi connectivity index (χ3v) is 11.9. The molecule has 8 aromatic carbocycles. The van der Waals surface area contributed by atoms with Crippen molar-refractivity contribution in [1.82, 2.24) is 0 Å². The van der Waals surface area contributed by atoms with E-state index in [0.717, 1.165) is 11.1 Å². The van der Waals surface area contributed by atoms with Gasteiger partial charge in [-0.25, -0.2) is 4.39 Å². The highest BCUT2D eigenvalue weighted by Crippen LogP contribution is 2.53. The first kappa shape index (κ1) is 30.1. The van der Waals surface area contributed by atoms with E-state index in [4.69, 9.17) is 0 Å². The Morgan fingerprint density at radius 2 is 0.686 bits per heavy atom. The van der Waals surface area contributed by atoms with Gasteiger partial charge in [0, 0.05) is 10.8 Å². The molecule has 0 bridgehead atoms. The molecule has 244 valence electrons. The van der Waals surface area contributed by atoms with Crippen molar-refractivity contribution < 1.29 is 4.39 Å². The molecular weight excluding hydrogens is 620 g/mol. The Labute approximate surface area is 298 Å². The SMILES string of the molecule is CC1(C)c2ccccc2-c2ccc(-c3ccc4c(c3)C(C)(C)c3cc(-c5c6ccccc6c(-c6ccc(F)cc6)c6ccccc56)ccc3-4)cc21. The van der Waals surface area contributed by atoms with Gasteiger partial charge in [-0.05, 0) is 130 Å². The zero-order valence-electron chi connectivity index (χ0n) is 29.3. The van der Waals surface area contributed by atoms with Crippen LogP contribution in [0.25, 0.3) is 77.2 Å². The van der Waals surface area contributed by atoms with E-state index in [1.54, 1.807) is 12.1 Å². The van der Waals surface area contributed by atoms with Crippen molar-refractivity contribution in [3.8, 4) is 55.6 Å². The zero-order valence-corrected chi connectivity index (χ0v) is 29.3. The van der Waals surface area contributed by atoms with Crippen molar-refractivity contribution in [2.75, 3.05) is 0 Å². The fourth-order valence-corrected chi connectivity index (χ4v) is 9.32. The van der Waals surface area contributed by atoms with E-state index in [9.17, 15) is 4.39 Å². The molecule has 51 heavy (non-hydrogen) atoms. The molecule has 2 aliphatic carbocycles. The van der Waals surface area contributed by atoms with Gasteiger partial charge in [0.25, 0.3) is 0 Å². The van der Waals surface area contributed by atoms with Crippen LogP contribution >= 0.6 is 0 Å². The summed E-state index contributed by atoms with van der Waals surface area (Å²) in [4.78, 5) is 0. The molecule has 0 saturated heterocycles. The molecule has 0 nitrogen and oxygen atoms in total. The lowest BCUT2D eigenvalue weighted by atomic mass is 9.79. The number of rotatable bonds is 3. The summed E-state index contributed by atoms with van der Waals surface area (Å²) in [6.45, 7) is 9.46. The Morgan fingerprint density at radius 1 is 0.333 bits per heavy atom. The lowest BCUT2D eigenvalue weighted by Crippen LogP contribution is -2.15. The highest BCUT2D eigenvalue weighted by molar-refractivity contribution is 6.21. The standard InChI is InChI=1S/C50H37F/c1-49(2)43-16-10-9-11-35(43)36-24-19-31(27-44(36)49)32-20-25-37-38-26-21-33(29-46(38)50(3,4)45(37)28-32)48-41-14-7-5-12-39(41)47(30-17-22-34(51)23-18-30)40-13-6-8-15-42(40)48/h5-29H,1-4H3. The molecule has 0 unspecified atom stereocenters. The van der Waals surface area contributed by atoms with Gasteiger partial charge < -0.3 is 0 Å². The predicted octanol–water partition coefficient (Wildman–Crippen LogP) is 13.7. The average Bonchev–Trinajstić information content (AvgIpc) is 3.52. The molecule has 0 atom stereocenters. The van der Waals surface area contributed by atoms with Crippen LogP contribution in [0, 0.1) is 5.82 Å². The van der Waals surface area contributed by atoms with Gasteiger partial charge in [0.05, 0.1) is 0 Å². The van der Waals surface area contributed by atoms with Gasteiger partial charge >= 0.3 is 0 Å². The molecule has 8 aromatic rings. The largest absolute Gasteiger partial charge is 0.207 e. The van der Waals surface area contributed by atoms with E-state index in [0.29, 0.717) is 0 Å². The molecule has 0 aromatic heterocycles. The quantitative estimate of drug-likeness (QED) is 0.166. The summed E-state index contributed by atoms with van der Waals surface area (Å²) in [5, 5.41) is 4.75. The number of benzene rings is 8. The molecule has 2 aliphatic rings. The van der Waals surface area contributed by atoms with Crippen LogP contribution in [0.1, 0.15) is 49.9 Å². The monoisotopic (exact) mass is 656 g/mol. The Balaban J connectivity index is 1.11. The second kappa shape index (κ2) is 10.6. The van der Waals surface area contributed by atoms with Crippen molar-refractivity contribution in [2.45, 2.75) is 38.5 Å². The molecular formula is C50H37F. The van der Waals surface area contributed by atoms with Crippen molar-refractivity contribution >= 4 is 21.5 Å². The van der Waals surface area contributed by atoms with Gasteiger partial charge in [0.2, 0.25) is 0 Å². The van der Waals surface area contributed by atoms with E-state index in [2.05, 4.69) is 155 Å². The second-order valence-electron chi connectivity index (χ2n) is 15.4. The summed E-state index contributed by atoms with van der Waals surface area (Å²) in [5.41, 5.74) is 17.8. The number of hydrogen-bond donors (Lipinski definition) is 0. The molecule has 10 rings (SSSR count). The van der Waals surface area contributed by atoms with E-state index >= 15 is 0 Å². The Kier molecular flexibility index (Phi) is 6.25. The minimum Gasteiger partial charge on any atom is -0.207 e. The third kappa shape index (κ3) is 4.25. The summed E-state index contributed by atoms with van der Waals surface area (Å²) in [6.07, 6.45) is 0. The van der Waals surface area contributed by atoms with Crippen molar-refractivity contribution in [1.29, 1.82) is 0 Å². The van der Waals surface area contributed by atoms with Crippen molar-refractivity contribution in [3.63, 3.8) is 0 Å². The summed E-state index contributed by atoms with van der Waals surface area (Å²) in [5.74, 6) is -0.222. The second-order valence-corrected chi connectivity index (χ2v) is 15.4. The molecule has 0 aliphatic heterocycles. The third-order valence-electron chi connectivity index (χ3n) is 11.9. The molecule has 0 spiro atoms. The van der Waals surface area contributed by atoms with E-state index in [1.807, 2.05) is 12.1 Å². The van der Waals surface area contributed by atoms with Crippen LogP contribution in [0.3, 0.4) is 0 Å². The summed E-state index contributed by atoms with van der Waals surface area (Å²) >= 11 is 0. The number of hydrogen-bond acceptors (Lipinski definition) is 0. The van der Waals surface area contributed by atoms with Crippen LogP contribution in [-0.4, -0.2) is 0 Å². The van der Waals surface area contributed by atoms with Crippen LogP contribution < -0.4 is 0 Å². The predicted molar refractivity (Wildman–Crippen MR) is 213 cm³/mol. The van der Waals surface area contributed by atoms with Crippen LogP contribution in [-0.2, 0) is 10.8 Å². The maximum Gasteiger partial charge on any atom is 0.123 e. The maximum absolute atomic E-state index is 14.0. The highest BCUT2D eigenvalue weighted by atomic mass is 19.1. The first-order valence-electron chi connectivity index (χ1n) is 18.0. The minimum absolute atomic E-state index is 0.0316. The lowest BCUT2D eigenvalue weighted by Gasteiger charge is -2.24. The average molecular weight is 657 g/mol. The summed E-state index contributed by atoms with van der Waals surface area (Å²) < 4.78 is 14.0. The molecule has 0 saturated carbocycles. The topological polar surface area (TPSA) is 0 Å². The summed E-state index contributed by atoms with van der Waals surface area (Å²) in [7, 11) is 0. The van der Waals surface area contributed by atoms with Crippen molar-refractivity contribution in [2.24, 2.45) is 0 Å². The highest BCUT2D eigenvalue weighted by Gasteiger charge is 2.37. The van der Waals surface area contributed by atoms with Crippen molar-refractivity contribution in [3.05, 3.63) is 180 Å². The van der Waals surface area contributed by atoms with Crippen LogP contribution in [0.4, 0.5) is 4.39 Å². The molecule has 0 N–H and O–H groups in total. The molecule has 0 heterocycles. The summed E-state index contributed by atoms with van der Waals surface area (Å²) in [6, 6.07) is 54.3. The van der Waals surface area contributed by atoms with E-state index in [-0.39, 0.29) is 16.6 Å². The number of halogens is 1. The zero-order chi connectivity index (χ0) is 34.6. The van der Waals surface area contributed by atoms with Gasteiger partial charge in [0.15, 0.2) is 0 Å². The van der Waals surface area contributed by atoms with E-state index in [1.165, 1.54) is 88.3 Å². The van der Waals surface area contributed by atoms with Crippen LogP contribution in [0.2, 0.25) is 0 Å². The maximum atomic E-state index is 14.0.